The minimum Gasteiger partial charge on any atom is -0.376 e. The monoisotopic (exact) mass is 300 g/mol. The fourth-order valence-corrected chi connectivity index (χ4v) is 2.59. The molecule has 1 N–H and O–H groups in total. The number of nitrogens with one attached hydrogen (secondary N) is 1. The number of nitro benzene ring substituents is 1. The van der Waals surface area contributed by atoms with E-state index >= 15 is 0 Å². The van der Waals surface area contributed by atoms with Gasteiger partial charge in [0.05, 0.1) is 18.1 Å². The number of hydrogen-bond acceptors (Lipinski definition) is 5. The van der Waals surface area contributed by atoms with Gasteiger partial charge in [-0.05, 0) is 13.0 Å². The van der Waals surface area contributed by atoms with Crippen LogP contribution in [0, 0.1) is 10.1 Å². The topological polar surface area (TPSA) is 98.5 Å². The van der Waals surface area contributed by atoms with E-state index in [0.717, 1.165) is 11.6 Å². The zero-order chi connectivity index (χ0) is 15.2. The molecular formula is C12H16N2O5S. The van der Waals surface area contributed by atoms with Crippen LogP contribution in [0.3, 0.4) is 0 Å². The normalized spacial score (nSPS) is 11.2. The highest BCUT2D eigenvalue weighted by Gasteiger charge is 2.24. The Hall–Kier alpha value is -1.77. The predicted octanol–water partition coefficient (Wildman–Crippen LogP) is 1.47. The summed E-state index contributed by atoms with van der Waals surface area (Å²) in [6.07, 6.45) is 0. The minimum absolute atomic E-state index is 0.0294. The van der Waals surface area contributed by atoms with E-state index in [-0.39, 0.29) is 18.0 Å². The van der Waals surface area contributed by atoms with E-state index < -0.39 is 20.6 Å². The van der Waals surface area contributed by atoms with Crippen LogP contribution in [0.5, 0.6) is 0 Å². The van der Waals surface area contributed by atoms with Gasteiger partial charge in [-0.2, -0.15) is 0 Å². The summed E-state index contributed by atoms with van der Waals surface area (Å²) in [5.74, 6) is 0. The standard InChI is InChI=1S/C12H16N2O5S/c1-10(2)9-19-8-7-13-20(17,18)12-6-4-3-5-11(12)14(15)16/h3-6,13H,1,7-9H2,2H3. The second kappa shape index (κ2) is 7.13. The third-order valence-electron chi connectivity index (χ3n) is 2.24. The van der Waals surface area contributed by atoms with E-state index in [9.17, 15) is 18.5 Å². The van der Waals surface area contributed by atoms with Crippen molar-refractivity contribution in [3.05, 3.63) is 46.5 Å². The molecule has 0 heterocycles. The highest BCUT2D eigenvalue weighted by atomic mass is 32.2. The lowest BCUT2D eigenvalue weighted by molar-refractivity contribution is -0.387. The molecule has 0 aliphatic rings. The fraction of sp³-hybridized carbons (Fsp3) is 0.333. The largest absolute Gasteiger partial charge is 0.376 e. The molecule has 8 heteroatoms. The van der Waals surface area contributed by atoms with Gasteiger partial charge in [0.15, 0.2) is 4.90 Å². The summed E-state index contributed by atoms with van der Waals surface area (Å²) < 4.78 is 31.3. The SMILES string of the molecule is C=C(C)COCCNS(=O)(=O)c1ccccc1[N+](=O)[O-]. The lowest BCUT2D eigenvalue weighted by atomic mass is 10.3. The molecule has 0 amide bonds. The Morgan fingerprint density at radius 3 is 2.70 bits per heavy atom. The number of ether oxygens (including phenoxy) is 1. The lowest BCUT2D eigenvalue weighted by Crippen LogP contribution is -2.28. The molecule has 0 unspecified atom stereocenters. The number of para-hydroxylation sites is 1. The number of nitrogens with zero attached hydrogens (tertiary/aromatic N) is 1. The van der Waals surface area contributed by atoms with Crippen molar-refractivity contribution in [3.63, 3.8) is 0 Å². The molecule has 1 rings (SSSR count). The molecule has 0 spiro atoms. The van der Waals surface area contributed by atoms with Gasteiger partial charge in [-0.3, -0.25) is 10.1 Å². The highest BCUT2D eigenvalue weighted by Crippen LogP contribution is 2.22. The van der Waals surface area contributed by atoms with E-state index in [1.54, 1.807) is 6.92 Å². The van der Waals surface area contributed by atoms with Crippen LogP contribution in [-0.2, 0) is 14.8 Å². The molecule has 0 atom stereocenters. The predicted molar refractivity (Wildman–Crippen MR) is 73.9 cm³/mol. The molecule has 0 aliphatic heterocycles. The maximum atomic E-state index is 12.0. The van der Waals surface area contributed by atoms with E-state index in [1.165, 1.54) is 18.2 Å². The van der Waals surface area contributed by atoms with Gasteiger partial charge in [-0.1, -0.05) is 24.3 Å². The molecule has 0 radical (unpaired) electrons. The molecule has 7 nitrogen and oxygen atoms in total. The summed E-state index contributed by atoms with van der Waals surface area (Å²) in [4.78, 5) is 9.71. The molecule has 1 aromatic rings. The molecule has 0 aliphatic carbocycles. The maximum Gasteiger partial charge on any atom is 0.289 e. The van der Waals surface area contributed by atoms with Crippen LogP contribution in [0.2, 0.25) is 0 Å². The molecule has 20 heavy (non-hydrogen) atoms. The van der Waals surface area contributed by atoms with Gasteiger partial charge in [-0.25, -0.2) is 13.1 Å². The second-order valence-corrected chi connectivity index (χ2v) is 5.87. The van der Waals surface area contributed by atoms with Crippen LogP contribution < -0.4 is 4.72 Å². The minimum atomic E-state index is -3.93. The van der Waals surface area contributed by atoms with Crippen molar-refractivity contribution in [2.75, 3.05) is 19.8 Å². The number of rotatable bonds is 8. The summed E-state index contributed by atoms with van der Waals surface area (Å²) >= 11 is 0. The van der Waals surface area contributed by atoms with Crippen LogP contribution in [0.4, 0.5) is 5.69 Å². The molecule has 110 valence electrons. The summed E-state index contributed by atoms with van der Waals surface area (Å²) in [6.45, 7) is 5.96. The van der Waals surface area contributed by atoms with E-state index in [0.29, 0.717) is 6.61 Å². The summed E-state index contributed by atoms with van der Waals surface area (Å²) in [5.41, 5.74) is 0.370. The Morgan fingerprint density at radius 2 is 2.10 bits per heavy atom. The first-order valence-corrected chi connectivity index (χ1v) is 7.28. The van der Waals surface area contributed by atoms with Crippen molar-refractivity contribution in [1.29, 1.82) is 0 Å². The molecule has 0 bridgehead atoms. The summed E-state index contributed by atoms with van der Waals surface area (Å²) in [5, 5.41) is 10.8. The number of nitro groups is 1. The molecular weight excluding hydrogens is 284 g/mol. The first-order chi connectivity index (χ1) is 9.34. The quantitative estimate of drug-likeness (QED) is 0.339. The van der Waals surface area contributed by atoms with Crippen molar-refractivity contribution in [2.45, 2.75) is 11.8 Å². The van der Waals surface area contributed by atoms with Crippen LogP contribution in [0.15, 0.2) is 41.3 Å². The maximum absolute atomic E-state index is 12.0. The van der Waals surface area contributed by atoms with Crippen molar-refractivity contribution in [2.24, 2.45) is 0 Å². The molecule has 0 saturated carbocycles. The van der Waals surface area contributed by atoms with Gasteiger partial charge >= 0.3 is 0 Å². The number of sulfonamides is 1. The van der Waals surface area contributed by atoms with Gasteiger partial charge in [0.25, 0.3) is 5.69 Å². The zero-order valence-electron chi connectivity index (χ0n) is 11.0. The average molecular weight is 300 g/mol. The molecule has 1 aromatic carbocycles. The Labute approximate surface area is 117 Å². The van der Waals surface area contributed by atoms with Crippen LogP contribution in [0.25, 0.3) is 0 Å². The zero-order valence-corrected chi connectivity index (χ0v) is 11.9. The van der Waals surface area contributed by atoms with E-state index in [1.807, 2.05) is 0 Å². The van der Waals surface area contributed by atoms with Crippen LogP contribution >= 0.6 is 0 Å². The first-order valence-electron chi connectivity index (χ1n) is 5.80. The van der Waals surface area contributed by atoms with Crippen LogP contribution in [-0.4, -0.2) is 33.1 Å². The van der Waals surface area contributed by atoms with Gasteiger partial charge in [0.1, 0.15) is 0 Å². The third-order valence-corrected chi connectivity index (χ3v) is 3.75. The Morgan fingerprint density at radius 1 is 1.45 bits per heavy atom. The van der Waals surface area contributed by atoms with E-state index in [2.05, 4.69) is 11.3 Å². The van der Waals surface area contributed by atoms with Crippen LogP contribution in [0.1, 0.15) is 6.92 Å². The molecule has 0 saturated heterocycles. The number of benzene rings is 1. The van der Waals surface area contributed by atoms with Crippen molar-refractivity contribution in [1.82, 2.24) is 4.72 Å². The van der Waals surface area contributed by atoms with Crippen molar-refractivity contribution in [3.8, 4) is 0 Å². The smallest absolute Gasteiger partial charge is 0.289 e. The average Bonchev–Trinajstić information content (AvgIpc) is 2.37. The van der Waals surface area contributed by atoms with Crippen molar-refractivity contribution < 1.29 is 18.1 Å². The van der Waals surface area contributed by atoms with Gasteiger partial charge in [0.2, 0.25) is 10.0 Å². The van der Waals surface area contributed by atoms with Gasteiger partial charge in [0, 0.05) is 12.6 Å². The third kappa shape index (κ3) is 4.72. The Bertz CT molecular complexity index is 598. The van der Waals surface area contributed by atoms with Gasteiger partial charge < -0.3 is 4.74 Å². The first kappa shape index (κ1) is 16.3. The molecule has 0 fully saturated rings. The van der Waals surface area contributed by atoms with Crippen molar-refractivity contribution >= 4 is 15.7 Å². The fourth-order valence-electron chi connectivity index (χ4n) is 1.41. The van der Waals surface area contributed by atoms with E-state index in [4.69, 9.17) is 4.74 Å². The highest BCUT2D eigenvalue weighted by molar-refractivity contribution is 7.89. The second-order valence-electron chi connectivity index (χ2n) is 4.13. The Balaban J connectivity index is 2.70. The Kier molecular flexibility index (Phi) is 5.81. The lowest BCUT2D eigenvalue weighted by Gasteiger charge is -2.07. The summed E-state index contributed by atoms with van der Waals surface area (Å²) in [6, 6.07) is 5.17. The van der Waals surface area contributed by atoms with Gasteiger partial charge in [-0.15, -0.1) is 0 Å². The number of hydrogen-bond donors (Lipinski definition) is 1. The molecule has 0 aromatic heterocycles. The summed E-state index contributed by atoms with van der Waals surface area (Å²) in [7, 11) is -3.93.